The van der Waals surface area contributed by atoms with Crippen molar-refractivity contribution in [3.05, 3.63) is 101 Å². The molecule has 3 aliphatic heterocycles. The van der Waals surface area contributed by atoms with Gasteiger partial charge in [-0.25, -0.2) is 0 Å². The number of amides is 3. The summed E-state index contributed by atoms with van der Waals surface area (Å²) in [6.07, 6.45) is 1.16. The van der Waals surface area contributed by atoms with E-state index in [2.05, 4.69) is 17.6 Å². The normalized spacial score (nSPS) is 28.0. The third kappa shape index (κ3) is 5.04. The second-order valence-corrected chi connectivity index (χ2v) is 13.8. The third-order valence-corrected chi connectivity index (χ3v) is 11.8. The number of carbonyl (C=O) groups excluding carboxylic acids is 3. The zero-order valence-electron chi connectivity index (χ0n) is 24.8. The number of aryl methyl sites for hydroxylation is 2. The average molecular weight is 598 g/mol. The van der Waals surface area contributed by atoms with Crippen molar-refractivity contribution in [2.75, 3.05) is 11.9 Å². The maximum Gasteiger partial charge on any atom is 0.248 e. The summed E-state index contributed by atoms with van der Waals surface area (Å²) in [5, 5.41) is 16.9. The van der Waals surface area contributed by atoms with Gasteiger partial charge in [0.15, 0.2) is 0 Å². The summed E-state index contributed by atoms with van der Waals surface area (Å²) in [6.45, 7) is 6.12. The number of carbonyl (C=O) groups is 3. The van der Waals surface area contributed by atoms with Gasteiger partial charge in [-0.15, -0.1) is 11.8 Å². The zero-order valence-corrected chi connectivity index (χ0v) is 25.6. The van der Waals surface area contributed by atoms with Gasteiger partial charge >= 0.3 is 0 Å². The van der Waals surface area contributed by atoms with Crippen LogP contribution in [0.3, 0.4) is 0 Å². The quantitative estimate of drug-likeness (QED) is 0.338. The molecule has 3 amide bonds. The highest BCUT2D eigenvalue weighted by Gasteiger charge is 2.76. The number of benzene rings is 3. The Morgan fingerprint density at radius 2 is 1.58 bits per heavy atom. The van der Waals surface area contributed by atoms with Crippen molar-refractivity contribution in [1.82, 2.24) is 10.2 Å². The smallest absolute Gasteiger partial charge is 0.248 e. The third-order valence-electron chi connectivity index (χ3n) is 9.69. The molecule has 0 radical (unpaired) electrons. The molecule has 3 N–H and O–H groups in total. The molecule has 3 heterocycles. The molecule has 224 valence electrons. The summed E-state index contributed by atoms with van der Waals surface area (Å²) in [5.74, 6) is -1.78. The van der Waals surface area contributed by atoms with E-state index in [1.54, 1.807) is 16.7 Å². The topological polar surface area (TPSA) is 98.7 Å². The predicted octanol–water partition coefficient (Wildman–Crippen LogP) is 4.50. The highest BCUT2D eigenvalue weighted by molar-refractivity contribution is 8.02. The fourth-order valence-electron chi connectivity index (χ4n) is 7.70. The Labute approximate surface area is 257 Å². The summed E-state index contributed by atoms with van der Waals surface area (Å²) >= 11 is 1.65. The lowest BCUT2D eigenvalue weighted by Crippen LogP contribution is -2.57. The molecule has 0 saturated carbocycles. The first-order valence-corrected chi connectivity index (χ1v) is 16.0. The predicted molar refractivity (Wildman–Crippen MR) is 169 cm³/mol. The minimum Gasteiger partial charge on any atom is -0.394 e. The van der Waals surface area contributed by atoms with Crippen molar-refractivity contribution in [3.8, 4) is 0 Å². The second-order valence-electron chi connectivity index (χ2n) is 12.3. The van der Waals surface area contributed by atoms with E-state index in [0.29, 0.717) is 13.0 Å². The number of likely N-dealkylation sites (tertiary alicyclic amines) is 1. The molecule has 1 spiro atoms. The van der Waals surface area contributed by atoms with E-state index in [0.717, 1.165) is 34.4 Å². The van der Waals surface area contributed by atoms with Crippen molar-refractivity contribution in [2.24, 2.45) is 17.8 Å². The Morgan fingerprint density at radius 3 is 2.21 bits per heavy atom. The number of rotatable bonds is 9. The van der Waals surface area contributed by atoms with Crippen LogP contribution in [0.5, 0.6) is 0 Å². The van der Waals surface area contributed by atoms with Crippen LogP contribution in [0.15, 0.2) is 78.9 Å². The molecule has 7 atom stereocenters. The number of aliphatic hydroxyl groups excluding tert-OH is 1. The number of thioether (sulfide) groups is 1. The average Bonchev–Trinajstić information content (AvgIpc) is 3.61. The van der Waals surface area contributed by atoms with Crippen LogP contribution in [0, 0.1) is 31.6 Å². The van der Waals surface area contributed by atoms with Gasteiger partial charge in [0.1, 0.15) is 6.04 Å². The van der Waals surface area contributed by atoms with Gasteiger partial charge in [0.25, 0.3) is 0 Å². The van der Waals surface area contributed by atoms with Gasteiger partial charge in [-0.2, -0.15) is 0 Å². The summed E-state index contributed by atoms with van der Waals surface area (Å²) in [7, 11) is 0. The summed E-state index contributed by atoms with van der Waals surface area (Å²) in [4.78, 5) is 44.6. The van der Waals surface area contributed by atoms with Crippen LogP contribution in [-0.2, 0) is 27.3 Å². The van der Waals surface area contributed by atoms with E-state index in [1.807, 2.05) is 92.7 Å². The summed E-state index contributed by atoms with van der Waals surface area (Å²) in [5.41, 5.74) is 4.58. The van der Waals surface area contributed by atoms with Crippen molar-refractivity contribution in [1.29, 1.82) is 0 Å². The number of hydrogen-bond donors (Lipinski definition) is 3. The highest BCUT2D eigenvalue weighted by Crippen LogP contribution is 2.68. The fraction of sp³-hybridized carbons (Fsp3) is 0.400. The number of hydrogen-bond acceptors (Lipinski definition) is 5. The lowest BCUT2D eigenvalue weighted by atomic mass is 9.66. The highest BCUT2D eigenvalue weighted by atomic mass is 32.2. The van der Waals surface area contributed by atoms with Crippen LogP contribution >= 0.6 is 11.8 Å². The van der Waals surface area contributed by atoms with Gasteiger partial charge in [-0.3, -0.25) is 14.4 Å². The first-order chi connectivity index (χ1) is 20.8. The van der Waals surface area contributed by atoms with E-state index in [4.69, 9.17) is 0 Å². The van der Waals surface area contributed by atoms with Gasteiger partial charge in [0.05, 0.1) is 29.2 Å². The van der Waals surface area contributed by atoms with E-state index in [9.17, 15) is 19.5 Å². The Bertz CT molecular complexity index is 1500. The number of aliphatic hydroxyl groups is 1. The summed E-state index contributed by atoms with van der Waals surface area (Å²) < 4.78 is -0.777. The standard InChI is InChI=1S/C35H39N3O4S/c1-21-11-10-12-22(2)30(21)37-33(41)31-35-23(3)17-27(43-35)28(32(40)36-19-25-15-8-5-9-16-25)29(35)34(42)38(31)26(20-39)18-24-13-6-4-7-14-24/h4-16,23,26-29,31,39H,17-20H2,1-3H3,(H,36,40)(H,37,41)/t23?,26-,27-,28+,29+,31?,35?/m1/s1. The number of nitrogens with zero attached hydrogens (tertiary/aromatic N) is 1. The second kappa shape index (κ2) is 11.8. The lowest BCUT2D eigenvalue weighted by Gasteiger charge is -2.40. The molecule has 6 rings (SSSR count). The molecule has 3 aromatic carbocycles. The van der Waals surface area contributed by atoms with Crippen LogP contribution < -0.4 is 10.6 Å². The van der Waals surface area contributed by atoms with E-state index < -0.39 is 28.7 Å². The van der Waals surface area contributed by atoms with Gasteiger partial charge in [-0.1, -0.05) is 85.8 Å². The van der Waals surface area contributed by atoms with Crippen molar-refractivity contribution >= 4 is 35.2 Å². The number of nitrogens with one attached hydrogen (secondary N) is 2. The largest absolute Gasteiger partial charge is 0.394 e. The maximum atomic E-state index is 14.6. The molecule has 3 fully saturated rings. The van der Waals surface area contributed by atoms with E-state index >= 15 is 0 Å². The maximum absolute atomic E-state index is 14.6. The lowest BCUT2D eigenvalue weighted by molar-refractivity contribution is -0.142. The SMILES string of the molecule is Cc1cccc(C)c1NC(=O)C1N([C@@H](CO)Cc2ccccc2)C(=O)[C@@H]2[C@@H](C(=O)NCc3ccccc3)[C@H]3CC(C)C12S3. The van der Waals surface area contributed by atoms with Crippen LogP contribution in [-0.4, -0.2) is 56.4 Å². The molecular formula is C35H39N3O4S. The first kappa shape index (κ1) is 29.5. The monoisotopic (exact) mass is 597 g/mol. The molecule has 0 aromatic heterocycles. The molecular weight excluding hydrogens is 558 g/mol. The summed E-state index contributed by atoms with van der Waals surface area (Å²) in [6, 6.07) is 23.9. The zero-order chi connectivity index (χ0) is 30.3. The van der Waals surface area contributed by atoms with Crippen LogP contribution in [0.25, 0.3) is 0 Å². The van der Waals surface area contributed by atoms with Gasteiger partial charge in [0, 0.05) is 17.5 Å². The Hall–Kier alpha value is -3.62. The number of fused-ring (bicyclic) bond motifs is 1. The Balaban J connectivity index is 1.38. The molecule has 3 aromatic rings. The number of para-hydroxylation sites is 1. The van der Waals surface area contributed by atoms with Gasteiger partial charge in [0.2, 0.25) is 17.7 Å². The van der Waals surface area contributed by atoms with Crippen LogP contribution in [0.4, 0.5) is 5.69 Å². The van der Waals surface area contributed by atoms with Crippen molar-refractivity contribution in [2.45, 2.75) is 62.2 Å². The van der Waals surface area contributed by atoms with E-state index in [-0.39, 0.29) is 35.5 Å². The van der Waals surface area contributed by atoms with Crippen molar-refractivity contribution in [3.63, 3.8) is 0 Å². The first-order valence-electron chi connectivity index (χ1n) is 15.1. The molecule has 8 heteroatoms. The Morgan fingerprint density at radius 1 is 0.953 bits per heavy atom. The van der Waals surface area contributed by atoms with E-state index in [1.165, 1.54) is 0 Å². The molecule has 3 unspecified atom stereocenters. The molecule has 43 heavy (non-hydrogen) atoms. The molecule has 2 bridgehead atoms. The van der Waals surface area contributed by atoms with Crippen LogP contribution in [0.1, 0.15) is 35.6 Å². The number of anilines is 1. The fourth-order valence-corrected chi connectivity index (χ4v) is 10.1. The molecule has 0 aliphatic carbocycles. The minimum atomic E-state index is -0.832. The molecule has 3 saturated heterocycles. The van der Waals surface area contributed by atoms with Crippen LogP contribution in [0.2, 0.25) is 0 Å². The minimum absolute atomic E-state index is 0.0319. The van der Waals surface area contributed by atoms with Gasteiger partial charge < -0.3 is 20.6 Å². The van der Waals surface area contributed by atoms with Gasteiger partial charge in [-0.05, 0) is 54.9 Å². The van der Waals surface area contributed by atoms with Crippen molar-refractivity contribution < 1.29 is 19.5 Å². The molecule has 7 nitrogen and oxygen atoms in total. The molecule has 3 aliphatic rings. The Kier molecular flexibility index (Phi) is 8.09.